The van der Waals surface area contributed by atoms with Crippen molar-refractivity contribution in [2.24, 2.45) is 17.6 Å². The zero-order valence-electron chi connectivity index (χ0n) is 5.92. The van der Waals surface area contributed by atoms with E-state index in [0.29, 0.717) is 6.54 Å². The normalized spacial score (nSPS) is 32.5. The summed E-state index contributed by atoms with van der Waals surface area (Å²) in [7, 11) is 0. The van der Waals surface area contributed by atoms with Crippen LogP contribution in [0.15, 0.2) is 0 Å². The second kappa shape index (κ2) is 3.01. The van der Waals surface area contributed by atoms with E-state index < -0.39 is 5.97 Å². The number of carbonyl (C=O) groups is 1. The average molecular weight is 143 g/mol. The Labute approximate surface area is 60.2 Å². The number of nitrogens with two attached hydrogens (primary N) is 1. The van der Waals surface area contributed by atoms with Crippen molar-refractivity contribution in [3.63, 3.8) is 0 Å². The van der Waals surface area contributed by atoms with E-state index in [9.17, 15) is 4.79 Å². The van der Waals surface area contributed by atoms with E-state index in [0.717, 1.165) is 19.3 Å². The highest BCUT2D eigenvalue weighted by molar-refractivity contribution is 5.70. The van der Waals surface area contributed by atoms with E-state index in [1.54, 1.807) is 0 Å². The Kier molecular flexibility index (Phi) is 2.27. The van der Waals surface area contributed by atoms with E-state index >= 15 is 0 Å². The van der Waals surface area contributed by atoms with Crippen molar-refractivity contribution in [2.75, 3.05) is 6.54 Å². The number of rotatable bonds is 2. The predicted molar refractivity (Wildman–Crippen MR) is 37.5 cm³/mol. The van der Waals surface area contributed by atoms with Crippen LogP contribution in [0, 0.1) is 11.8 Å². The molecular formula is C7H13NO2. The van der Waals surface area contributed by atoms with Gasteiger partial charge in [0, 0.05) is 0 Å². The Hall–Kier alpha value is -0.570. The maximum atomic E-state index is 10.5. The predicted octanol–water partition coefficient (Wildman–Crippen LogP) is 0.446. The van der Waals surface area contributed by atoms with Gasteiger partial charge in [-0.2, -0.15) is 0 Å². The third-order valence-corrected chi connectivity index (χ3v) is 2.28. The van der Waals surface area contributed by atoms with Gasteiger partial charge >= 0.3 is 5.97 Å². The topological polar surface area (TPSA) is 63.3 Å². The molecule has 0 bridgehead atoms. The Balaban J connectivity index is 2.50. The van der Waals surface area contributed by atoms with Gasteiger partial charge in [0.05, 0.1) is 5.92 Å². The molecule has 0 aliphatic heterocycles. The molecule has 0 heterocycles. The van der Waals surface area contributed by atoms with Gasteiger partial charge in [-0.1, -0.05) is 6.42 Å². The lowest BCUT2D eigenvalue weighted by molar-refractivity contribution is -0.142. The molecule has 0 radical (unpaired) electrons. The van der Waals surface area contributed by atoms with Gasteiger partial charge in [-0.3, -0.25) is 4.79 Å². The van der Waals surface area contributed by atoms with E-state index in [2.05, 4.69) is 0 Å². The highest BCUT2D eigenvalue weighted by atomic mass is 16.4. The third-order valence-electron chi connectivity index (χ3n) is 2.28. The average Bonchev–Trinajstić information content (AvgIpc) is 2.33. The van der Waals surface area contributed by atoms with Crippen LogP contribution in [-0.4, -0.2) is 17.6 Å². The van der Waals surface area contributed by atoms with E-state index in [1.165, 1.54) is 0 Å². The van der Waals surface area contributed by atoms with Gasteiger partial charge in [-0.15, -0.1) is 0 Å². The van der Waals surface area contributed by atoms with Gasteiger partial charge in [0.15, 0.2) is 0 Å². The van der Waals surface area contributed by atoms with Crippen LogP contribution in [0.5, 0.6) is 0 Å². The Morgan fingerprint density at radius 3 is 2.70 bits per heavy atom. The first-order chi connectivity index (χ1) is 4.75. The molecule has 0 unspecified atom stereocenters. The smallest absolute Gasteiger partial charge is 0.306 e. The molecule has 1 aliphatic carbocycles. The summed E-state index contributed by atoms with van der Waals surface area (Å²) in [6, 6.07) is 0. The number of carboxylic acid groups (broad SMARTS) is 1. The minimum Gasteiger partial charge on any atom is -0.481 e. The Morgan fingerprint density at radius 1 is 1.60 bits per heavy atom. The molecule has 3 heteroatoms. The van der Waals surface area contributed by atoms with Gasteiger partial charge in [0.25, 0.3) is 0 Å². The van der Waals surface area contributed by atoms with Crippen LogP contribution in [0.2, 0.25) is 0 Å². The molecule has 10 heavy (non-hydrogen) atoms. The third kappa shape index (κ3) is 1.29. The molecule has 0 saturated heterocycles. The molecule has 1 aliphatic rings. The highest BCUT2D eigenvalue weighted by Gasteiger charge is 2.31. The number of carboxylic acids is 1. The van der Waals surface area contributed by atoms with Gasteiger partial charge in [-0.05, 0) is 25.3 Å². The first kappa shape index (κ1) is 7.54. The molecule has 0 spiro atoms. The lowest BCUT2D eigenvalue weighted by atomic mass is 9.97. The fourth-order valence-corrected chi connectivity index (χ4v) is 1.64. The molecule has 1 saturated carbocycles. The number of hydrogen-bond donors (Lipinski definition) is 2. The van der Waals surface area contributed by atoms with Crippen LogP contribution in [0.4, 0.5) is 0 Å². The van der Waals surface area contributed by atoms with Crippen molar-refractivity contribution in [1.82, 2.24) is 0 Å². The van der Waals surface area contributed by atoms with Crippen LogP contribution < -0.4 is 5.73 Å². The lowest BCUT2D eigenvalue weighted by Gasteiger charge is -2.11. The molecule has 0 aromatic carbocycles. The second-order valence-corrected chi connectivity index (χ2v) is 2.87. The summed E-state index contributed by atoms with van der Waals surface area (Å²) >= 11 is 0. The first-order valence-corrected chi connectivity index (χ1v) is 3.68. The van der Waals surface area contributed by atoms with Gasteiger partial charge < -0.3 is 10.8 Å². The quantitative estimate of drug-likeness (QED) is 0.589. The van der Waals surface area contributed by atoms with Crippen LogP contribution in [0.3, 0.4) is 0 Å². The second-order valence-electron chi connectivity index (χ2n) is 2.87. The number of aliphatic carboxylic acids is 1. The minimum absolute atomic E-state index is 0.162. The molecule has 0 aromatic heterocycles. The van der Waals surface area contributed by atoms with Crippen molar-refractivity contribution < 1.29 is 9.90 Å². The fourth-order valence-electron chi connectivity index (χ4n) is 1.64. The van der Waals surface area contributed by atoms with Crippen molar-refractivity contribution in [2.45, 2.75) is 19.3 Å². The molecule has 3 nitrogen and oxygen atoms in total. The Bertz CT molecular complexity index is 136. The first-order valence-electron chi connectivity index (χ1n) is 3.68. The summed E-state index contributed by atoms with van der Waals surface area (Å²) in [5.41, 5.74) is 5.40. The monoisotopic (exact) mass is 143 g/mol. The summed E-state index contributed by atoms with van der Waals surface area (Å²) in [6.07, 6.45) is 2.84. The van der Waals surface area contributed by atoms with Crippen molar-refractivity contribution in [3.05, 3.63) is 0 Å². The maximum Gasteiger partial charge on any atom is 0.306 e. The zero-order valence-corrected chi connectivity index (χ0v) is 5.92. The highest BCUT2D eigenvalue weighted by Crippen LogP contribution is 2.30. The summed E-state index contributed by atoms with van der Waals surface area (Å²) in [4.78, 5) is 10.5. The lowest BCUT2D eigenvalue weighted by Crippen LogP contribution is -2.24. The largest absolute Gasteiger partial charge is 0.481 e. The van der Waals surface area contributed by atoms with Crippen molar-refractivity contribution >= 4 is 5.97 Å². The summed E-state index contributed by atoms with van der Waals surface area (Å²) in [5.74, 6) is -0.601. The van der Waals surface area contributed by atoms with E-state index in [-0.39, 0.29) is 11.8 Å². The summed E-state index contributed by atoms with van der Waals surface area (Å²) < 4.78 is 0. The van der Waals surface area contributed by atoms with Gasteiger partial charge in [0.2, 0.25) is 0 Å². The van der Waals surface area contributed by atoms with Gasteiger partial charge in [0.1, 0.15) is 0 Å². The van der Waals surface area contributed by atoms with Crippen LogP contribution in [-0.2, 0) is 4.79 Å². The molecule has 1 fully saturated rings. The minimum atomic E-state index is -0.673. The van der Waals surface area contributed by atoms with Crippen LogP contribution in [0.1, 0.15) is 19.3 Å². The molecule has 58 valence electrons. The molecule has 0 amide bonds. The molecule has 3 N–H and O–H groups in total. The zero-order chi connectivity index (χ0) is 7.56. The van der Waals surface area contributed by atoms with Crippen molar-refractivity contribution in [1.29, 1.82) is 0 Å². The Morgan fingerprint density at radius 2 is 2.30 bits per heavy atom. The standard InChI is InChI=1S/C7H13NO2/c8-4-5-2-1-3-6(5)7(9)10/h5-6H,1-4,8H2,(H,9,10)/t5-,6+/m1/s1. The van der Waals surface area contributed by atoms with Crippen LogP contribution >= 0.6 is 0 Å². The van der Waals surface area contributed by atoms with E-state index in [1.807, 2.05) is 0 Å². The van der Waals surface area contributed by atoms with E-state index in [4.69, 9.17) is 10.8 Å². The molecule has 0 aromatic rings. The number of hydrogen-bond acceptors (Lipinski definition) is 2. The molecule has 2 atom stereocenters. The van der Waals surface area contributed by atoms with Crippen molar-refractivity contribution in [3.8, 4) is 0 Å². The maximum absolute atomic E-state index is 10.5. The van der Waals surface area contributed by atoms with Gasteiger partial charge in [-0.25, -0.2) is 0 Å². The molecular weight excluding hydrogens is 130 g/mol. The summed E-state index contributed by atoms with van der Waals surface area (Å²) in [6.45, 7) is 0.525. The van der Waals surface area contributed by atoms with Crippen LogP contribution in [0.25, 0.3) is 0 Å². The summed E-state index contributed by atoms with van der Waals surface area (Å²) in [5, 5.41) is 8.66. The molecule has 1 rings (SSSR count). The fraction of sp³-hybridized carbons (Fsp3) is 0.857. The SMILES string of the molecule is NC[C@H]1CCC[C@@H]1C(=O)O.